The fourth-order valence-corrected chi connectivity index (χ4v) is 1.62. The van der Waals surface area contributed by atoms with Gasteiger partial charge in [-0.15, -0.1) is 0 Å². The highest BCUT2D eigenvalue weighted by Crippen LogP contribution is 2.19. The standard InChI is InChI=1S/C12H8ClFN4O/c13-8-6-16-18(7-8)11-2-1-9(5-10(11)14)17-12(19)3-4-15/h1-2,5-7H,3H2,(H,17,19). The van der Waals surface area contributed by atoms with Crippen LogP contribution in [0.4, 0.5) is 10.1 Å². The van der Waals surface area contributed by atoms with Crippen LogP contribution < -0.4 is 5.32 Å². The molecule has 0 fully saturated rings. The lowest BCUT2D eigenvalue weighted by Crippen LogP contribution is -2.10. The number of aromatic nitrogens is 2. The molecule has 1 heterocycles. The second-order valence-corrected chi connectivity index (χ2v) is 4.09. The normalized spacial score (nSPS) is 9.95. The Morgan fingerprint density at radius 2 is 2.37 bits per heavy atom. The largest absolute Gasteiger partial charge is 0.325 e. The van der Waals surface area contributed by atoms with E-state index in [1.807, 2.05) is 0 Å². The van der Waals surface area contributed by atoms with Crippen LogP contribution in [0.15, 0.2) is 30.6 Å². The van der Waals surface area contributed by atoms with E-state index in [0.717, 1.165) is 6.07 Å². The summed E-state index contributed by atoms with van der Waals surface area (Å²) in [6.07, 6.45) is 2.58. The quantitative estimate of drug-likeness (QED) is 0.938. The van der Waals surface area contributed by atoms with Crippen molar-refractivity contribution in [3.8, 4) is 11.8 Å². The summed E-state index contributed by atoms with van der Waals surface area (Å²) in [5, 5.41) is 15.0. The minimum absolute atomic E-state index is 0.213. The maximum absolute atomic E-state index is 13.9. The Morgan fingerprint density at radius 1 is 1.58 bits per heavy atom. The number of carbonyl (C=O) groups excluding carboxylic acids is 1. The Labute approximate surface area is 113 Å². The van der Waals surface area contributed by atoms with Crippen molar-refractivity contribution in [1.29, 1.82) is 5.26 Å². The van der Waals surface area contributed by atoms with Crippen molar-refractivity contribution < 1.29 is 9.18 Å². The number of halogens is 2. The molecular weight excluding hydrogens is 271 g/mol. The topological polar surface area (TPSA) is 70.7 Å². The van der Waals surface area contributed by atoms with Crippen LogP contribution in [0.2, 0.25) is 5.02 Å². The number of nitrogens with one attached hydrogen (secondary N) is 1. The van der Waals surface area contributed by atoms with Crippen LogP contribution in [-0.4, -0.2) is 15.7 Å². The van der Waals surface area contributed by atoms with E-state index in [1.165, 1.54) is 29.2 Å². The first-order chi connectivity index (χ1) is 9.10. The van der Waals surface area contributed by atoms with E-state index >= 15 is 0 Å². The Hall–Kier alpha value is -2.39. The number of benzene rings is 1. The van der Waals surface area contributed by atoms with Gasteiger partial charge in [-0.05, 0) is 18.2 Å². The van der Waals surface area contributed by atoms with Crippen LogP contribution in [0.1, 0.15) is 6.42 Å². The van der Waals surface area contributed by atoms with Gasteiger partial charge in [-0.3, -0.25) is 4.79 Å². The molecule has 0 saturated heterocycles. The third-order valence-corrected chi connectivity index (χ3v) is 2.46. The molecule has 0 radical (unpaired) electrons. The molecule has 96 valence electrons. The number of nitriles is 1. The van der Waals surface area contributed by atoms with Crippen molar-refractivity contribution in [1.82, 2.24) is 9.78 Å². The predicted molar refractivity (Wildman–Crippen MR) is 67.4 cm³/mol. The van der Waals surface area contributed by atoms with E-state index in [2.05, 4.69) is 10.4 Å². The Kier molecular flexibility index (Phi) is 3.78. The number of anilines is 1. The Bertz CT molecular complexity index is 662. The molecule has 0 spiro atoms. The molecule has 0 aliphatic heterocycles. The Balaban J connectivity index is 2.23. The average molecular weight is 279 g/mol. The number of amides is 1. The van der Waals surface area contributed by atoms with Gasteiger partial charge >= 0.3 is 0 Å². The first kappa shape index (κ1) is 13.1. The molecule has 0 unspecified atom stereocenters. The number of nitrogens with zero attached hydrogens (tertiary/aromatic N) is 3. The van der Waals surface area contributed by atoms with E-state index < -0.39 is 11.7 Å². The van der Waals surface area contributed by atoms with Crippen LogP contribution >= 0.6 is 11.6 Å². The summed E-state index contributed by atoms with van der Waals surface area (Å²) in [5.41, 5.74) is 0.491. The van der Waals surface area contributed by atoms with Gasteiger partial charge in [-0.2, -0.15) is 10.4 Å². The van der Waals surface area contributed by atoms with Crippen molar-refractivity contribution in [2.75, 3.05) is 5.32 Å². The van der Waals surface area contributed by atoms with E-state index in [0.29, 0.717) is 5.02 Å². The lowest BCUT2D eigenvalue weighted by atomic mass is 10.2. The maximum atomic E-state index is 13.9. The van der Waals surface area contributed by atoms with Gasteiger partial charge in [0.05, 0.1) is 17.3 Å². The second kappa shape index (κ2) is 5.50. The molecule has 7 heteroatoms. The molecular formula is C12H8ClFN4O. The average Bonchev–Trinajstić information content (AvgIpc) is 2.76. The van der Waals surface area contributed by atoms with Crippen molar-refractivity contribution >= 4 is 23.2 Å². The molecule has 0 saturated carbocycles. The molecule has 2 aromatic rings. The fraction of sp³-hybridized carbons (Fsp3) is 0.0833. The highest BCUT2D eigenvalue weighted by atomic mass is 35.5. The second-order valence-electron chi connectivity index (χ2n) is 3.65. The molecule has 1 N–H and O–H groups in total. The zero-order valence-corrected chi connectivity index (χ0v) is 10.4. The van der Waals surface area contributed by atoms with Crippen molar-refractivity contribution in [3.05, 3.63) is 41.4 Å². The van der Waals surface area contributed by atoms with Gasteiger partial charge in [0.2, 0.25) is 5.91 Å². The van der Waals surface area contributed by atoms with E-state index in [1.54, 1.807) is 6.07 Å². The molecule has 1 aromatic heterocycles. The summed E-state index contributed by atoms with van der Waals surface area (Å²) in [5.74, 6) is -1.05. The third-order valence-electron chi connectivity index (χ3n) is 2.27. The highest BCUT2D eigenvalue weighted by molar-refractivity contribution is 6.30. The molecule has 1 amide bonds. The van der Waals surface area contributed by atoms with Gasteiger partial charge in [-0.25, -0.2) is 9.07 Å². The first-order valence-electron chi connectivity index (χ1n) is 5.27. The van der Waals surface area contributed by atoms with Crippen molar-refractivity contribution in [2.24, 2.45) is 0 Å². The lowest BCUT2D eigenvalue weighted by Gasteiger charge is -2.06. The monoisotopic (exact) mass is 278 g/mol. The Morgan fingerprint density at radius 3 is 2.95 bits per heavy atom. The molecule has 5 nitrogen and oxygen atoms in total. The summed E-state index contributed by atoms with van der Waals surface area (Å²) in [7, 11) is 0. The summed E-state index contributed by atoms with van der Waals surface area (Å²) >= 11 is 5.70. The molecule has 19 heavy (non-hydrogen) atoms. The fourth-order valence-electron chi connectivity index (χ4n) is 1.48. The van der Waals surface area contributed by atoms with Gasteiger partial charge in [0.25, 0.3) is 0 Å². The van der Waals surface area contributed by atoms with Gasteiger partial charge < -0.3 is 5.32 Å². The van der Waals surface area contributed by atoms with Crippen LogP contribution in [0, 0.1) is 17.1 Å². The summed E-state index contributed by atoms with van der Waals surface area (Å²) in [6, 6.07) is 5.84. The van der Waals surface area contributed by atoms with E-state index in [-0.39, 0.29) is 17.8 Å². The van der Waals surface area contributed by atoms with Gasteiger partial charge in [0.15, 0.2) is 5.82 Å². The lowest BCUT2D eigenvalue weighted by molar-refractivity contribution is -0.115. The minimum atomic E-state index is -0.561. The third kappa shape index (κ3) is 3.09. The van der Waals surface area contributed by atoms with Crippen molar-refractivity contribution in [3.63, 3.8) is 0 Å². The van der Waals surface area contributed by atoms with Gasteiger partial charge in [-0.1, -0.05) is 11.6 Å². The molecule has 1 aromatic carbocycles. The zero-order chi connectivity index (χ0) is 13.8. The van der Waals surface area contributed by atoms with Crippen LogP contribution in [0.3, 0.4) is 0 Å². The first-order valence-corrected chi connectivity index (χ1v) is 5.65. The highest BCUT2D eigenvalue weighted by Gasteiger charge is 2.08. The maximum Gasteiger partial charge on any atom is 0.238 e. The van der Waals surface area contributed by atoms with Crippen molar-refractivity contribution in [2.45, 2.75) is 6.42 Å². The summed E-state index contributed by atoms with van der Waals surface area (Å²) in [6.45, 7) is 0. The predicted octanol–water partition coefficient (Wildman–Crippen LogP) is 2.52. The number of hydrogen-bond acceptors (Lipinski definition) is 3. The zero-order valence-electron chi connectivity index (χ0n) is 9.60. The van der Waals surface area contributed by atoms with E-state index in [4.69, 9.17) is 16.9 Å². The number of hydrogen-bond donors (Lipinski definition) is 1. The number of carbonyl (C=O) groups is 1. The van der Waals surface area contributed by atoms with Crippen LogP contribution in [0.5, 0.6) is 0 Å². The van der Waals surface area contributed by atoms with Crippen LogP contribution in [0.25, 0.3) is 5.69 Å². The van der Waals surface area contributed by atoms with Crippen LogP contribution in [-0.2, 0) is 4.79 Å². The molecule has 0 aliphatic rings. The van der Waals surface area contributed by atoms with Gasteiger partial charge in [0.1, 0.15) is 12.1 Å². The molecule has 0 atom stereocenters. The SMILES string of the molecule is N#CCC(=O)Nc1ccc(-n2cc(Cl)cn2)c(F)c1. The summed E-state index contributed by atoms with van der Waals surface area (Å²) < 4.78 is 15.2. The molecule has 0 aliphatic carbocycles. The smallest absolute Gasteiger partial charge is 0.238 e. The molecule has 2 rings (SSSR count). The van der Waals surface area contributed by atoms with E-state index in [9.17, 15) is 9.18 Å². The van der Waals surface area contributed by atoms with Gasteiger partial charge in [0, 0.05) is 11.9 Å². The summed E-state index contributed by atoms with van der Waals surface area (Å²) in [4.78, 5) is 11.2. The number of rotatable bonds is 3. The molecule has 0 bridgehead atoms. The minimum Gasteiger partial charge on any atom is -0.325 e.